The molecule has 0 heterocycles. The van der Waals surface area contributed by atoms with Crippen molar-refractivity contribution < 1.29 is 13.2 Å². The van der Waals surface area contributed by atoms with Crippen molar-refractivity contribution >= 4 is 21.6 Å². The van der Waals surface area contributed by atoms with E-state index in [0.717, 1.165) is 11.3 Å². The first-order valence-electron chi connectivity index (χ1n) is 7.53. The van der Waals surface area contributed by atoms with Crippen molar-refractivity contribution in [3.63, 3.8) is 0 Å². The van der Waals surface area contributed by atoms with Gasteiger partial charge in [-0.2, -0.15) is 0 Å². The van der Waals surface area contributed by atoms with E-state index in [0.29, 0.717) is 13.0 Å². The molecule has 0 aliphatic rings. The van der Waals surface area contributed by atoms with Gasteiger partial charge in [0.1, 0.15) is 0 Å². The average molecular weight is 347 g/mol. The molecule has 0 saturated carbocycles. The van der Waals surface area contributed by atoms with Crippen LogP contribution in [-0.2, 0) is 21.2 Å². The molecule has 128 valence electrons. The molecule has 2 aromatic carbocycles. The molecule has 1 amide bonds. The normalized spacial score (nSPS) is 11.1. The maximum atomic E-state index is 11.8. The molecule has 2 rings (SSSR count). The maximum Gasteiger partial charge on any atom is 0.239 e. The van der Waals surface area contributed by atoms with Crippen molar-refractivity contribution in [3.05, 3.63) is 59.7 Å². The lowest BCUT2D eigenvalue weighted by molar-refractivity contribution is -0.119. The maximum absolute atomic E-state index is 11.8. The van der Waals surface area contributed by atoms with Crippen molar-refractivity contribution in [2.75, 3.05) is 18.4 Å². The second-order valence-electron chi connectivity index (χ2n) is 5.51. The zero-order valence-electron chi connectivity index (χ0n) is 13.5. The van der Waals surface area contributed by atoms with Crippen LogP contribution in [0.5, 0.6) is 0 Å². The van der Waals surface area contributed by atoms with E-state index in [2.05, 4.69) is 10.6 Å². The van der Waals surface area contributed by atoms with Crippen LogP contribution in [0.4, 0.5) is 5.69 Å². The fourth-order valence-corrected chi connectivity index (χ4v) is 2.62. The van der Waals surface area contributed by atoms with Crippen LogP contribution in [-0.4, -0.2) is 27.4 Å². The fraction of sp³-hybridized carbons (Fsp3) is 0.235. The minimum absolute atomic E-state index is 0.0811. The fourth-order valence-electron chi connectivity index (χ4n) is 2.11. The molecule has 0 spiro atoms. The zero-order valence-corrected chi connectivity index (χ0v) is 14.3. The third-order valence-corrected chi connectivity index (χ3v) is 4.42. The molecule has 7 heteroatoms. The molecule has 0 fully saturated rings. The minimum atomic E-state index is -3.67. The molecule has 2 aromatic rings. The summed E-state index contributed by atoms with van der Waals surface area (Å²) in [5.41, 5.74) is 2.99. The third kappa shape index (κ3) is 5.68. The van der Waals surface area contributed by atoms with E-state index in [1.807, 2.05) is 31.2 Å². The molecule has 0 radical (unpaired) electrons. The SMILES string of the molecule is Cc1ccc(NCC(=O)NCCc2ccc(S(N)(=O)=O)cc2)cc1. The monoisotopic (exact) mass is 347 g/mol. The largest absolute Gasteiger partial charge is 0.376 e. The van der Waals surface area contributed by atoms with Crippen LogP contribution in [0.3, 0.4) is 0 Å². The number of anilines is 1. The number of amides is 1. The second kappa shape index (κ2) is 7.94. The van der Waals surface area contributed by atoms with Gasteiger partial charge in [-0.25, -0.2) is 13.6 Å². The predicted octanol–water partition coefficient (Wildman–Crippen LogP) is 1.41. The van der Waals surface area contributed by atoms with E-state index in [1.54, 1.807) is 12.1 Å². The highest BCUT2D eigenvalue weighted by Gasteiger charge is 2.07. The second-order valence-corrected chi connectivity index (χ2v) is 7.07. The summed E-state index contributed by atoms with van der Waals surface area (Å²) >= 11 is 0. The molecule has 0 saturated heterocycles. The highest BCUT2D eigenvalue weighted by Crippen LogP contribution is 2.09. The lowest BCUT2D eigenvalue weighted by Crippen LogP contribution is -2.31. The number of carbonyl (C=O) groups is 1. The first kappa shape index (κ1) is 18.0. The van der Waals surface area contributed by atoms with Gasteiger partial charge in [0.05, 0.1) is 11.4 Å². The van der Waals surface area contributed by atoms with Crippen LogP contribution in [0.2, 0.25) is 0 Å². The third-order valence-electron chi connectivity index (χ3n) is 3.49. The summed E-state index contributed by atoms with van der Waals surface area (Å²) < 4.78 is 22.3. The topological polar surface area (TPSA) is 101 Å². The van der Waals surface area contributed by atoms with Gasteiger partial charge in [-0.15, -0.1) is 0 Å². The smallest absolute Gasteiger partial charge is 0.239 e. The Morgan fingerprint density at radius 2 is 1.67 bits per heavy atom. The predicted molar refractivity (Wildman–Crippen MR) is 94.2 cm³/mol. The lowest BCUT2D eigenvalue weighted by atomic mass is 10.1. The average Bonchev–Trinajstić information content (AvgIpc) is 2.54. The molecule has 6 nitrogen and oxygen atoms in total. The first-order valence-corrected chi connectivity index (χ1v) is 9.08. The van der Waals surface area contributed by atoms with Crippen molar-refractivity contribution in [2.45, 2.75) is 18.2 Å². The number of aryl methyl sites for hydroxylation is 1. The Morgan fingerprint density at radius 3 is 2.25 bits per heavy atom. The number of benzene rings is 2. The number of rotatable bonds is 7. The Morgan fingerprint density at radius 1 is 1.04 bits per heavy atom. The minimum Gasteiger partial charge on any atom is -0.376 e. The Bertz CT molecular complexity index is 785. The van der Waals surface area contributed by atoms with E-state index in [4.69, 9.17) is 5.14 Å². The molecule has 0 aliphatic carbocycles. The number of carbonyl (C=O) groups excluding carboxylic acids is 1. The summed E-state index contributed by atoms with van der Waals surface area (Å²) in [5.74, 6) is -0.100. The quantitative estimate of drug-likeness (QED) is 0.705. The standard InChI is InChI=1S/C17H21N3O3S/c1-13-2-6-15(7-3-13)20-12-17(21)19-11-10-14-4-8-16(9-5-14)24(18,22)23/h2-9,20H,10-12H2,1H3,(H,19,21)(H2,18,22,23). The number of hydrogen-bond donors (Lipinski definition) is 3. The van der Waals surface area contributed by atoms with Crippen LogP contribution < -0.4 is 15.8 Å². The van der Waals surface area contributed by atoms with Gasteiger partial charge in [0.2, 0.25) is 15.9 Å². The van der Waals surface area contributed by atoms with Gasteiger partial charge >= 0.3 is 0 Å². The number of nitrogens with one attached hydrogen (secondary N) is 2. The van der Waals surface area contributed by atoms with Crippen LogP contribution in [0.25, 0.3) is 0 Å². The number of primary sulfonamides is 1. The highest BCUT2D eigenvalue weighted by molar-refractivity contribution is 7.89. The Labute approximate surface area is 142 Å². The van der Waals surface area contributed by atoms with Crippen molar-refractivity contribution in [1.29, 1.82) is 0 Å². The molecular formula is C17H21N3O3S. The summed E-state index contributed by atoms with van der Waals surface area (Å²) in [4.78, 5) is 11.9. The van der Waals surface area contributed by atoms with Crippen molar-refractivity contribution in [2.24, 2.45) is 5.14 Å². The molecule has 0 bridgehead atoms. The van der Waals surface area contributed by atoms with Crippen LogP contribution in [0.15, 0.2) is 53.4 Å². The lowest BCUT2D eigenvalue weighted by Gasteiger charge is -2.08. The number of hydrogen-bond acceptors (Lipinski definition) is 4. The van der Waals surface area contributed by atoms with Gasteiger partial charge in [0.15, 0.2) is 0 Å². The van der Waals surface area contributed by atoms with Crippen molar-refractivity contribution in [1.82, 2.24) is 5.32 Å². The summed E-state index contributed by atoms with van der Waals surface area (Å²) in [6, 6.07) is 14.1. The molecule has 24 heavy (non-hydrogen) atoms. The van der Waals surface area contributed by atoms with Crippen LogP contribution >= 0.6 is 0 Å². The van der Waals surface area contributed by atoms with Crippen molar-refractivity contribution in [3.8, 4) is 0 Å². The van der Waals surface area contributed by atoms with Crippen LogP contribution in [0.1, 0.15) is 11.1 Å². The molecule has 4 N–H and O–H groups in total. The van der Waals surface area contributed by atoms with E-state index in [1.165, 1.54) is 17.7 Å². The van der Waals surface area contributed by atoms with Gasteiger partial charge in [-0.1, -0.05) is 29.8 Å². The van der Waals surface area contributed by atoms with Crippen LogP contribution in [0, 0.1) is 6.92 Å². The molecule has 0 aliphatic heterocycles. The number of sulfonamides is 1. The summed E-state index contributed by atoms with van der Waals surface area (Å²) in [5, 5.41) is 10.9. The Balaban J connectivity index is 1.73. The molecule has 0 aromatic heterocycles. The van der Waals surface area contributed by atoms with Gasteiger partial charge in [-0.3, -0.25) is 4.79 Å². The molecule has 0 unspecified atom stereocenters. The van der Waals surface area contributed by atoms with Gasteiger partial charge in [0, 0.05) is 12.2 Å². The Hall–Kier alpha value is -2.38. The number of nitrogens with two attached hydrogens (primary N) is 1. The molecular weight excluding hydrogens is 326 g/mol. The van der Waals surface area contributed by atoms with Gasteiger partial charge < -0.3 is 10.6 Å². The first-order chi connectivity index (χ1) is 11.3. The summed E-state index contributed by atoms with van der Waals surface area (Å²) in [6.07, 6.45) is 0.612. The van der Waals surface area contributed by atoms with E-state index in [9.17, 15) is 13.2 Å². The van der Waals surface area contributed by atoms with Gasteiger partial charge in [0.25, 0.3) is 0 Å². The van der Waals surface area contributed by atoms with E-state index in [-0.39, 0.29) is 17.3 Å². The summed E-state index contributed by atoms with van der Waals surface area (Å²) in [6.45, 7) is 2.68. The van der Waals surface area contributed by atoms with E-state index < -0.39 is 10.0 Å². The Kier molecular flexibility index (Phi) is 5.94. The zero-order chi connectivity index (χ0) is 17.6. The van der Waals surface area contributed by atoms with E-state index >= 15 is 0 Å². The highest BCUT2D eigenvalue weighted by atomic mass is 32.2. The van der Waals surface area contributed by atoms with Gasteiger partial charge in [-0.05, 0) is 43.2 Å². The molecule has 0 atom stereocenters. The summed E-state index contributed by atoms with van der Waals surface area (Å²) in [7, 11) is -3.67.